The average Bonchev–Trinajstić information content (AvgIpc) is 3.47. The number of nitrogens with zero attached hydrogens (tertiary/aromatic N) is 4. The number of rotatable bonds is 11. The van der Waals surface area contributed by atoms with Crippen molar-refractivity contribution in [1.82, 2.24) is 25.0 Å². The molecule has 8 heteroatoms. The highest BCUT2D eigenvalue weighted by atomic mass is 16.5. The summed E-state index contributed by atoms with van der Waals surface area (Å²) < 4.78 is 11.9. The number of carbonyl (C=O) groups is 1. The van der Waals surface area contributed by atoms with Gasteiger partial charge in [0, 0.05) is 88.6 Å². The average molecular weight is 584 g/mol. The summed E-state index contributed by atoms with van der Waals surface area (Å²) in [7, 11) is 9.55. The number of hydrogen-bond donors (Lipinski definition) is 1. The Morgan fingerprint density at radius 1 is 1.14 bits per heavy atom. The summed E-state index contributed by atoms with van der Waals surface area (Å²) in [6.45, 7) is 7.02. The highest BCUT2D eigenvalue weighted by Crippen LogP contribution is 2.37. The van der Waals surface area contributed by atoms with Gasteiger partial charge in [-0.05, 0) is 72.8 Å². The maximum atomic E-state index is 11.8. The zero-order valence-corrected chi connectivity index (χ0v) is 26.4. The van der Waals surface area contributed by atoms with Crippen LogP contribution in [0.1, 0.15) is 63.1 Å². The molecule has 8 nitrogen and oxygen atoms in total. The van der Waals surface area contributed by atoms with Crippen LogP contribution in [0.2, 0.25) is 0 Å². The minimum Gasteiger partial charge on any atom is -0.496 e. The first kappa shape index (κ1) is 30.7. The van der Waals surface area contributed by atoms with Crippen LogP contribution < -0.4 is 14.8 Å². The van der Waals surface area contributed by atoms with Gasteiger partial charge in [-0.3, -0.25) is 19.6 Å². The molecule has 2 aliphatic heterocycles. The number of aldehydes is 1. The first-order valence-corrected chi connectivity index (χ1v) is 15.1. The molecule has 1 N–H and O–H groups in total. The SMILES string of the molecule is COc1cc(/C(=C/N(C)C)c2ccncc2C=O)cc(OC)c1CN1CCC(NCc2cccc3c2CCN(C)C3C)C1. The molecule has 1 fully saturated rings. The number of hydrogen-bond acceptors (Lipinski definition) is 8. The van der Waals surface area contributed by atoms with Crippen LogP contribution in [0.3, 0.4) is 0 Å². The molecule has 3 heterocycles. The van der Waals surface area contributed by atoms with Gasteiger partial charge < -0.3 is 19.7 Å². The van der Waals surface area contributed by atoms with Crippen LogP contribution in [0.4, 0.5) is 0 Å². The summed E-state index contributed by atoms with van der Waals surface area (Å²) in [6, 6.07) is 13.6. The molecule has 228 valence electrons. The van der Waals surface area contributed by atoms with Crippen LogP contribution >= 0.6 is 0 Å². The molecular weight excluding hydrogens is 538 g/mol. The summed E-state index contributed by atoms with van der Waals surface area (Å²) in [6.07, 6.45) is 8.37. The predicted octanol–water partition coefficient (Wildman–Crippen LogP) is 4.78. The van der Waals surface area contributed by atoms with E-state index in [4.69, 9.17) is 9.47 Å². The number of likely N-dealkylation sites (tertiary alicyclic amines) is 1. The number of benzene rings is 2. The Morgan fingerprint density at radius 3 is 2.60 bits per heavy atom. The molecule has 0 bridgehead atoms. The molecule has 0 amide bonds. The van der Waals surface area contributed by atoms with E-state index >= 15 is 0 Å². The second-order valence-electron chi connectivity index (χ2n) is 11.9. The molecule has 5 rings (SSSR count). The van der Waals surface area contributed by atoms with E-state index in [1.54, 1.807) is 26.6 Å². The van der Waals surface area contributed by atoms with E-state index < -0.39 is 0 Å². The van der Waals surface area contributed by atoms with Crippen molar-refractivity contribution in [3.8, 4) is 11.5 Å². The zero-order valence-electron chi connectivity index (χ0n) is 26.4. The molecule has 2 atom stereocenters. The molecule has 3 aromatic rings. The van der Waals surface area contributed by atoms with E-state index in [1.807, 2.05) is 43.4 Å². The summed E-state index contributed by atoms with van der Waals surface area (Å²) >= 11 is 0. The first-order valence-electron chi connectivity index (χ1n) is 15.1. The van der Waals surface area contributed by atoms with Crippen molar-refractivity contribution in [3.63, 3.8) is 0 Å². The van der Waals surface area contributed by atoms with Gasteiger partial charge in [0.25, 0.3) is 0 Å². The number of likely N-dealkylation sites (N-methyl/N-ethyl adjacent to an activating group) is 1. The normalized spacial score (nSPS) is 19.3. The number of ether oxygens (including phenoxy) is 2. The van der Waals surface area contributed by atoms with Crippen LogP contribution in [0.25, 0.3) is 5.57 Å². The standard InChI is InChI=1S/C35H45N5O3/c1-24-29-9-7-8-25(31(29)12-14-39(24)4)19-37-28-11-15-40(20-28)22-33-34(42-5)16-26(17-35(33)43-6)32(21-38(2)3)30-10-13-36-18-27(30)23-41/h7-10,13,16-18,21,23-24,28,37H,11-12,14-15,19-20,22H2,1-6H3/b32-21-. The lowest BCUT2D eigenvalue weighted by molar-refractivity contribution is 0.112. The van der Waals surface area contributed by atoms with Crippen molar-refractivity contribution in [3.05, 3.63) is 93.9 Å². The third-order valence-electron chi connectivity index (χ3n) is 8.95. The fourth-order valence-corrected chi connectivity index (χ4v) is 6.46. The van der Waals surface area contributed by atoms with Gasteiger partial charge in [0.1, 0.15) is 11.5 Å². The smallest absolute Gasteiger partial charge is 0.152 e. The van der Waals surface area contributed by atoms with Gasteiger partial charge in [0.15, 0.2) is 6.29 Å². The highest BCUT2D eigenvalue weighted by molar-refractivity contribution is 5.91. The fourth-order valence-electron chi connectivity index (χ4n) is 6.46. The quantitative estimate of drug-likeness (QED) is 0.324. The molecule has 1 aromatic heterocycles. The van der Waals surface area contributed by atoms with E-state index in [-0.39, 0.29) is 0 Å². The summed E-state index contributed by atoms with van der Waals surface area (Å²) in [5.41, 5.74) is 8.61. The van der Waals surface area contributed by atoms with Crippen molar-refractivity contribution in [2.24, 2.45) is 0 Å². The van der Waals surface area contributed by atoms with E-state index in [1.165, 1.54) is 16.7 Å². The van der Waals surface area contributed by atoms with Gasteiger partial charge in [-0.1, -0.05) is 18.2 Å². The number of methoxy groups -OCH3 is 2. The number of nitrogens with one attached hydrogen (secondary N) is 1. The van der Waals surface area contributed by atoms with Gasteiger partial charge in [-0.2, -0.15) is 0 Å². The maximum absolute atomic E-state index is 11.8. The third kappa shape index (κ3) is 6.77. The van der Waals surface area contributed by atoms with Crippen LogP contribution in [0.5, 0.6) is 11.5 Å². The van der Waals surface area contributed by atoms with Crippen LogP contribution in [-0.4, -0.2) is 87.0 Å². The summed E-state index contributed by atoms with van der Waals surface area (Å²) in [4.78, 5) is 22.9. The van der Waals surface area contributed by atoms with Gasteiger partial charge >= 0.3 is 0 Å². The fraction of sp³-hybridized carbons (Fsp3) is 0.429. The lowest BCUT2D eigenvalue weighted by atomic mass is 9.90. The highest BCUT2D eigenvalue weighted by Gasteiger charge is 2.27. The maximum Gasteiger partial charge on any atom is 0.152 e. The summed E-state index contributed by atoms with van der Waals surface area (Å²) in [5, 5.41) is 3.85. The second kappa shape index (κ2) is 13.7. The predicted molar refractivity (Wildman–Crippen MR) is 172 cm³/mol. The van der Waals surface area contributed by atoms with Crippen molar-refractivity contribution in [2.75, 3.05) is 55.0 Å². The molecule has 2 aliphatic rings. The number of carbonyl (C=O) groups excluding carboxylic acids is 1. The Kier molecular flexibility index (Phi) is 9.80. The van der Waals surface area contributed by atoms with Crippen molar-refractivity contribution >= 4 is 11.9 Å². The Labute approximate surface area is 256 Å². The van der Waals surface area contributed by atoms with E-state index in [0.717, 1.165) is 85.6 Å². The van der Waals surface area contributed by atoms with Crippen molar-refractivity contribution < 1.29 is 14.3 Å². The van der Waals surface area contributed by atoms with Crippen molar-refractivity contribution in [1.29, 1.82) is 0 Å². The topological polar surface area (TPSA) is 70.2 Å². The molecule has 2 unspecified atom stereocenters. The minimum absolute atomic E-state index is 0.430. The third-order valence-corrected chi connectivity index (χ3v) is 8.95. The van der Waals surface area contributed by atoms with E-state index in [0.29, 0.717) is 17.6 Å². The lowest BCUT2D eigenvalue weighted by Gasteiger charge is -2.33. The first-order chi connectivity index (χ1) is 20.8. The molecular formula is C35H45N5O3. The molecule has 0 aliphatic carbocycles. The zero-order chi connectivity index (χ0) is 30.5. The molecule has 1 saturated heterocycles. The number of aromatic nitrogens is 1. The molecule has 43 heavy (non-hydrogen) atoms. The molecule has 2 aromatic carbocycles. The Morgan fingerprint density at radius 2 is 1.91 bits per heavy atom. The Hall–Kier alpha value is -3.72. The summed E-state index contributed by atoms with van der Waals surface area (Å²) in [5.74, 6) is 1.54. The van der Waals surface area contributed by atoms with E-state index in [9.17, 15) is 4.79 Å². The molecule has 0 radical (unpaired) electrons. The van der Waals surface area contributed by atoms with Gasteiger partial charge in [0.05, 0.1) is 19.8 Å². The van der Waals surface area contributed by atoms with E-state index in [2.05, 4.69) is 52.3 Å². The van der Waals surface area contributed by atoms with Gasteiger partial charge in [-0.15, -0.1) is 0 Å². The number of pyridine rings is 1. The number of fused-ring (bicyclic) bond motifs is 1. The van der Waals surface area contributed by atoms with Crippen LogP contribution in [-0.2, 0) is 19.5 Å². The lowest BCUT2D eigenvalue weighted by Crippen LogP contribution is -2.34. The monoisotopic (exact) mass is 583 g/mol. The Balaban J connectivity index is 1.32. The van der Waals surface area contributed by atoms with Gasteiger partial charge in [-0.25, -0.2) is 0 Å². The van der Waals surface area contributed by atoms with Crippen LogP contribution in [0, 0.1) is 0 Å². The van der Waals surface area contributed by atoms with Gasteiger partial charge in [0.2, 0.25) is 0 Å². The minimum atomic E-state index is 0.430. The largest absolute Gasteiger partial charge is 0.496 e. The molecule has 0 saturated carbocycles. The van der Waals surface area contributed by atoms with Crippen LogP contribution in [0.15, 0.2) is 55.0 Å². The Bertz CT molecular complexity index is 1440. The van der Waals surface area contributed by atoms with Crippen molar-refractivity contribution in [2.45, 2.75) is 44.9 Å². The molecule has 0 spiro atoms. The second-order valence-corrected chi connectivity index (χ2v) is 11.9.